The number of aromatic nitrogens is 1. The first-order chi connectivity index (χ1) is 57.3. The second-order valence-electron chi connectivity index (χ2n) is 30.8. The Balaban J connectivity index is 1.06. The van der Waals surface area contributed by atoms with Crippen LogP contribution in [0.5, 0.6) is 0 Å². The van der Waals surface area contributed by atoms with Crippen molar-refractivity contribution in [3.63, 3.8) is 0 Å². The Morgan fingerprint density at radius 1 is 0.583 bits per heavy atom. The van der Waals surface area contributed by atoms with Gasteiger partial charge in [0.25, 0.3) is 5.91 Å². The van der Waals surface area contributed by atoms with Gasteiger partial charge in [-0.15, -0.1) is 11.8 Å². The fraction of sp³-hybridized carbons (Fsp3) is 0.525. The number of nitrogens with one attached hydrogen (secondary N) is 9. The van der Waals surface area contributed by atoms with E-state index in [4.69, 9.17) is 31.0 Å². The molecule has 2 aliphatic rings. The lowest BCUT2D eigenvalue weighted by atomic mass is 10.0. The molecular weight excluding hydrogens is 1640 g/mol. The van der Waals surface area contributed by atoms with Gasteiger partial charge in [-0.25, -0.2) is 14.4 Å². The molecule has 1 unspecified atom stereocenters. The van der Waals surface area contributed by atoms with Gasteiger partial charge in [0, 0.05) is 97.5 Å². The van der Waals surface area contributed by atoms with Crippen LogP contribution < -0.4 is 48.3 Å². The Labute approximate surface area is 717 Å². The number of hydrogen-bond acceptors (Lipinski definition) is 24. The minimum absolute atomic E-state index is 0.0243. The van der Waals surface area contributed by atoms with E-state index in [9.17, 15) is 53.1 Å². The van der Waals surface area contributed by atoms with Crippen LogP contribution in [-0.2, 0) is 87.5 Å². The summed E-state index contributed by atoms with van der Waals surface area (Å²) in [5.74, 6) is -7.62. The van der Waals surface area contributed by atoms with Gasteiger partial charge in [0.15, 0.2) is 6.61 Å². The van der Waals surface area contributed by atoms with Crippen LogP contribution >= 0.6 is 54.9 Å². The number of primary amides is 1. The van der Waals surface area contributed by atoms with Crippen LogP contribution in [-0.4, -0.2) is 224 Å². The van der Waals surface area contributed by atoms with Crippen molar-refractivity contribution in [2.75, 3.05) is 64.9 Å². The number of alkyl carbamates (subject to hydrolysis) is 2. The fourth-order valence-electron chi connectivity index (χ4n) is 12.7. The first-order valence-electron chi connectivity index (χ1n) is 39.4. The zero-order chi connectivity index (χ0) is 87.3. The summed E-state index contributed by atoms with van der Waals surface area (Å²) in [6, 6.07) is 18.9. The molecule has 12 N–H and O–H groups in total. The van der Waals surface area contributed by atoms with Gasteiger partial charge in [-0.05, 0) is 124 Å². The van der Waals surface area contributed by atoms with E-state index in [1.165, 1.54) is 53.0 Å². The van der Waals surface area contributed by atoms with Gasteiger partial charge in [0.2, 0.25) is 47.3 Å². The lowest BCUT2D eigenvalue weighted by Crippen LogP contribution is -2.59. The third-order valence-corrected chi connectivity index (χ3v) is 26.4. The summed E-state index contributed by atoms with van der Waals surface area (Å²) in [4.78, 5) is 183. The molecule has 0 aliphatic carbocycles. The number of H-pyrrole nitrogens is 1. The topological polar surface area (TPSA) is 498 Å². The maximum absolute atomic E-state index is 15.3. The number of fused-ring (bicyclic) bond motifs is 1. The Hall–Kier alpha value is -10.1. The Morgan fingerprint density at radius 3 is 1.70 bits per heavy atom. The Morgan fingerprint density at radius 2 is 1.11 bits per heavy atom. The number of para-hydroxylation sites is 1. The zero-order valence-electron chi connectivity index (χ0n) is 68.6. The van der Waals surface area contributed by atoms with Crippen LogP contribution in [0.2, 0.25) is 0 Å². The summed E-state index contributed by atoms with van der Waals surface area (Å²) in [5, 5.41) is 40.9. The largest absolute Gasteiger partial charge is 0.454 e. The standard InChI is InChI=1S/C80H109N19O16S5/c1-79(2,3)119-117-48-62(92-78(112)115-45-51-30-34-55(35-31-51)94-96-83)70(104)86-43-66(100)87-58(25-15-17-37-97(7)8)71(105)89-60(40-53-42-85-57-23-13-12-22-56(53)57)73(107)91-63(49-118-120-80(4,5)6)75(109)99-39-19-27-65(99)76(110)113-46-67(101)88-59(24-14-16-36-84-77(111)114-44-50-28-32-54(33-29-50)93-95-82)72(106)90-61(74(108)98-38-18-26-64(98)69(81)103)41-68(102)116-47-52-20-10-9-11-21-52/h9-13,20-23,28-35,42,58-65,68,85,102H,14-19,24-27,36-41,43-49H2,1-8H3,(H2,81,103)(H,84,111)(H,86,104)(H,87,100)(H,88,101)(H,89,105)(H,90,106)(H,91,107)(H,92,112)/t58-,59-,60-,61-,62-,63-,64-,65-,68?/m0/s1. The van der Waals surface area contributed by atoms with Gasteiger partial charge in [0.05, 0.1) is 6.54 Å². The summed E-state index contributed by atoms with van der Waals surface area (Å²) in [5.41, 5.74) is 26.2. The molecule has 2 fully saturated rings. The molecule has 0 spiro atoms. The number of carbonyl (C=O) groups excluding carboxylic acids is 12. The van der Waals surface area contributed by atoms with Gasteiger partial charge >= 0.3 is 18.2 Å². The van der Waals surface area contributed by atoms with Crippen molar-refractivity contribution < 1.29 is 76.9 Å². The maximum Gasteiger partial charge on any atom is 0.408 e. The molecule has 40 heteroatoms. The predicted octanol–water partition coefficient (Wildman–Crippen LogP) is 9.27. The van der Waals surface area contributed by atoms with Gasteiger partial charge < -0.3 is 87.3 Å². The molecule has 11 amide bonds. The smallest absolute Gasteiger partial charge is 0.408 e. The van der Waals surface area contributed by atoms with E-state index in [0.29, 0.717) is 66.0 Å². The van der Waals surface area contributed by atoms with Crippen LogP contribution in [0.3, 0.4) is 0 Å². The van der Waals surface area contributed by atoms with E-state index in [1.807, 2.05) is 115 Å². The number of aliphatic hydroxyl groups excluding tert-OH is 1. The molecule has 2 saturated heterocycles. The highest BCUT2D eigenvalue weighted by Gasteiger charge is 2.42. The van der Waals surface area contributed by atoms with Gasteiger partial charge in [0.1, 0.15) is 67.0 Å². The van der Waals surface area contributed by atoms with Crippen molar-refractivity contribution in [1.29, 1.82) is 0 Å². The molecule has 0 bridgehead atoms. The third-order valence-electron chi connectivity index (χ3n) is 18.6. The second kappa shape index (κ2) is 49.6. The number of nitrogens with two attached hydrogens (primary N) is 1. The van der Waals surface area contributed by atoms with E-state index in [1.54, 1.807) is 54.7 Å². The number of benzene rings is 4. The Kier molecular flexibility index (Phi) is 40.1. The highest BCUT2D eigenvalue weighted by Crippen LogP contribution is 2.37. The van der Waals surface area contributed by atoms with Crippen molar-refractivity contribution in [3.05, 3.63) is 152 Å². The maximum atomic E-state index is 15.3. The minimum Gasteiger partial charge on any atom is -0.454 e. The van der Waals surface area contributed by atoms with E-state index in [2.05, 4.69) is 67.6 Å². The highest BCUT2D eigenvalue weighted by atomic mass is 33.1. The summed E-state index contributed by atoms with van der Waals surface area (Å²) in [6.07, 6.45) is 2.09. The van der Waals surface area contributed by atoms with Crippen LogP contribution in [0.1, 0.15) is 134 Å². The van der Waals surface area contributed by atoms with Crippen molar-refractivity contribution in [2.24, 2.45) is 16.0 Å². The molecule has 3 heterocycles. The third kappa shape index (κ3) is 34.2. The molecule has 120 heavy (non-hydrogen) atoms. The quantitative estimate of drug-likeness (QED) is 0.00252. The number of ether oxygens (including phenoxy) is 3. The predicted molar refractivity (Wildman–Crippen MR) is 464 cm³/mol. The number of likely N-dealkylation sites (tertiary alicyclic amines) is 2. The van der Waals surface area contributed by atoms with Crippen LogP contribution in [0, 0.1) is 0 Å². The number of azide groups is 2. The van der Waals surface area contributed by atoms with Crippen molar-refractivity contribution in [2.45, 2.75) is 201 Å². The number of unbranched alkanes of at least 4 members (excludes halogenated alkanes) is 2. The Bertz CT molecular complexity index is 4380. The number of thioether (sulfide) groups is 1. The summed E-state index contributed by atoms with van der Waals surface area (Å²) in [7, 11) is 9.28. The first-order valence-corrected chi connectivity index (χ1v) is 45.1. The first kappa shape index (κ1) is 97.1. The average Bonchev–Trinajstić information content (AvgIpc) is 1.66. The number of aromatic amines is 1. The summed E-state index contributed by atoms with van der Waals surface area (Å²) >= 11 is 1.11. The van der Waals surface area contributed by atoms with Gasteiger partial charge in [-0.1, -0.05) is 192 Å². The number of nitrogens with zero attached hydrogens (tertiary/aromatic N) is 9. The van der Waals surface area contributed by atoms with Crippen molar-refractivity contribution >= 4 is 149 Å². The second-order valence-corrected chi connectivity index (χ2v) is 38.3. The number of amides is 11. The summed E-state index contributed by atoms with van der Waals surface area (Å²) in [6.45, 7) is 10.8. The summed E-state index contributed by atoms with van der Waals surface area (Å²) < 4.78 is 15.8. The molecule has 4 aromatic carbocycles. The molecule has 0 saturated carbocycles. The van der Waals surface area contributed by atoms with E-state index in [-0.39, 0.29) is 105 Å². The fourth-order valence-corrected chi connectivity index (χ4v) is 18.5. The van der Waals surface area contributed by atoms with Crippen LogP contribution in [0.25, 0.3) is 31.8 Å². The normalized spacial score (nSPS) is 15.7. The lowest BCUT2D eigenvalue weighted by molar-refractivity contribution is -0.156. The molecule has 35 nitrogen and oxygen atoms in total. The zero-order valence-corrected chi connectivity index (χ0v) is 72.6. The average molecular weight is 1750 g/mol. The SMILES string of the molecule is CN(C)CCCC[C@H](NC(=O)CNC(=O)[C@H](CSSC(C)(C)C)NC(=O)OCc1ccc(N=[N+]=[N-])cc1)C(=O)N[C@@H](Cc1c[nH]c2ccccc12)C(=O)N[C@@H](CSSC(C)(C)C)C(=O)N1CCC[C@H]1C(=O)OCC(=O)N[C@@H](CCCCNC(=O)OCc1ccc(N=[N+]=[N-])cc1)C(=O)N[C@@H](CC(O)SCc1ccccc1)C(=O)N1CCC[C@H]1C(N)=O. The number of esters is 1. The lowest BCUT2D eigenvalue weighted by Gasteiger charge is -2.30. The number of hydrogen-bond donors (Lipinski definition) is 11. The van der Waals surface area contributed by atoms with Crippen molar-refractivity contribution in [3.8, 4) is 0 Å². The molecule has 2 aliphatic heterocycles. The minimum atomic E-state index is -1.43. The van der Waals surface area contributed by atoms with Crippen LogP contribution in [0.15, 0.2) is 120 Å². The molecule has 7 rings (SSSR count). The molecule has 9 atom stereocenters. The van der Waals surface area contributed by atoms with E-state index < -0.39 is 138 Å². The highest BCUT2D eigenvalue weighted by molar-refractivity contribution is 8.77. The van der Waals surface area contributed by atoms with Gasteiger partial charge in [-0.3, -0.25) is 43.2 Å². The monoisotopic (exact) mass is 1750 g/mol. The van der Waals surface area contributed by atoms with E-state index >= 15 is 9.59 Å². The number of carbonyl (C=O) groups is 12. The number of rotatable bonds is 47. The molecule has 0 radical (unpaired) electrons. The van der Waals surface area contributed by atoms with Crippen molar-refractivity contribution in [1.82, 2.24) is 62.2 Å². The molecule has 5 aromatic rings. The van der Waals surface area contributed by atoms with Crippen LogP contribution in [0.4, 0.5) is 21.0 Å². The molecular formula is C80H109N19O16S5. The number of aliphatic hydroxyl groups is 1. The van der Waals surface area contributed by atoms with Gasteiger partial charge in [-0.2, -0.15) is 0 Å². The molecule has 650 valence electrons. The molecule has 1 aromatic heterocycles. The van der Waals surface area contributed by atoms with E-state index in [0.717, 1.165) is 28.2 Å².